The maximum Gasteiger partial charge on any atom is 0.0309 e. The van der Waals surface area contributed by atoms with Gasteiger partial charge in [0.25, 0.3) is 0 Å². The molecule has 2 aliphatic rings. The Balaban J connectivity index is 1.63. The molecule has 2 nitrogen and oxygen atoms in total. The third-order valence-electron chi connectivity index (χ3n) is 4.57. The molecule has 2 heteroatoms. The van der Waals surface area contributed by atoms with Crippen LogP contribution in [-0.2, 0) is 0 Å². The quantitative estimate of drug-likeness (QED) is 0.686. The highest BCUT2D eigenvalue weighted by molar-refractivity contribution is 5.01. The van der Waals surface area contributed by atoms with Crippen LogP contribution in [0.5, 0.6) is 0 Å². The molecule has 1 unspecified atom stereocenters. The van der Waals surface area contributed by atoms with Crippen LogP contribution in [0.1, 0.15) is 58.8 Å². The van der Waals surface area contributed by atoms with Crippen LogP contribution >= 0.6 is 0 Å². The minimum atomic E-state index is 0.432. The summed E-state index contributed by atoms with van der Waals surface area (Å²) in [5.74, 6) is 0.963. The molecule has 0 aromatic rings. The van der Waals surface area contributed by atoms with Crippen LogP contribution in [0.25, 0.3) is 0 Å². The van der Waals surface area contributed by atoms with E-state index in [0.717, 1.165) is 5.92 Å². The summed E-state index contributed by atoms with van der Waals surface area (Å²) in [6, 6.07) is 0. The Labute approximate surface area is 107 Å². The molecule has 2 fully saturated rings. The van der Waals surface area contributed by atoms with Crippen LogP contribution < -0.4 is 5.32 Å². The van der Waals surface area contributed by atoms with Gasteiger partial charge in [-0.25, -0.2) is 0 Å². The average molecular weight is 238 g/mol. The Bertz CT molecular complexity index is 225. The van der Waals surface area contributed by atoms with E-state index in [1.165, 1.54) is 71.1 Å². The topological polar surface area (TPSA) is 15.3 Å². The van der Waals surface area contributed by atoms with Crippen molar-refractivity contribution < 1.29 is 0 Å². The molecule has 0 aromatic carbocycles. The zero-order valence-electron chi connectivity index (χ0n) is 11.8. The molecule has 1 aliphatic heterocycles. The van der Waals surface area contributed by atoms with Crippen molar-refractivity contribution in [1.82, 2.24) is 10.2 Å². The lowest BCUT2D eigenvalue weighted by atomic mass is 9.93. The summed E-state index contributed by atoms with van der Waals surface area (Å²) in [5.41, 5.74) is 0.432. The van der Waals surface area contributed by atoms with E-state index in [0.29, 0.717) is 5.54 Å². The summed E-state index contributed by atoms with van der Waals surface area (Å²) in [5, 5.41) is 3.76. The summed E-state index contributed by atoms with van der Waals surface area (Å²) >= 11 is 0. The standard InChI is InChI=1S/C15H30N2/c1-3-4-5-6-7-11-17-12-10-16-15(2,13-17)14-8-9-14/h14,16H,3-13H2,1-2H3. The van der Waals surface area contributed by atoms with Crippen molar-refractivity contribution in [3.63, 3.8) is 0 Å². The van der Waals surface area contributed by atoms with Crippen molar-refractivity contribution >= 4 is 0 Å². The van der Waals surface area contributed by atoms with Gasteiger partial charge in [0.2, 0.25) is 0 Å². The fourth-order valence-electron chi connectivity index (χ4n) is 3.22. The minimum absolute atomic E-state index is 0.432. The molecule has 0 amide bonds. The van der Waals surface area contributed by atoms with Crippen LogP contribution in [0, 0.1) is 5.92 Å². The van der Waals surface area contributed by atoms with Gasteiger partial charge in [0.15, 0.2) is 0 Å². The molecule has 0 spiro atoms. The maximum absolute atomic E-state index is 3.76. The monoisotopic (exact) mass is 238 g/mol. The molecule has 1 heterocycles. The molecule has 0 bridgehead atoms. The largest absolute Gasteiger partial charge is 0.309 e. The van der Waals surface area contributed by atoms with Crippen molar-refractivity contribution in [3.05, 3.63) is 0 Å². The van der Waals surface area contributed by atoms with E-state index in [1.807, 2.05) is 0 Å². The molecular weight excluding hydrogens is 208 g/mol. The lowest BCUT2D eigenvalue weighted by Gasteiger charge is -2.42. The molecule has 1 saturated heterocycles. The summed E-state index contributed by atoms with van der Waals surface area (Å²) < 4.78 is 0. The highest BCUT2D eigenvalue weighted by atomic mass is 15.2. The normalized spacial score (nSPS) is 30.7. The molecule has 1 saturated carbocycles. The van der Waals surface area contributed by atoms with Gasteiger partial charge >= 0.3 is 0 Å². The van der Waals surface area contributed by atoms with E-state index in [1.54, 1.807) is 0 Å². The van der Waals surface area contributed by atoms with Gasteiger partial charge in [0, 0.05) is 25.2 Å². The summed E-state index contributed by atoms with van der Waals surface area (Å²) in [4.78, 5) is 2.70. The summed E-state index contributed by atoms with van der Waals surface area (Å²) in [6.45, 7) is 9.79. The van der Waals surface area contributed by atoms with Crippen molar-refractivity contribution in [2.75, 3.05) is 26.2 Å². The zero-order valence-corrected chi connectivity index (χ0v) is 11.8. The van der Waals surface area contributed by atoms with Gasteiger partial charge in [-0.1, -0.05) is 32.6 Å². The van der Waals surface area contributed by atoms with Gasteiger partial charge < -0.3 is 10.2 Å². The first-order valence-corrected chi connectivity index (χ1v) is 7.72. The molecule has 17 heavy (non-hydrogen) atoms. The van der Waals surface area contributed by atoms with E-state index in [9.17, 15) is 0 Å². The molecular formula is C15H30N2. The van der Waals surface area contributed by atoms with E-state index in [4.69, 9.17) is 0 Å². The van der Waals surface area contributed by atoms with Gasteiger partial charge in [-0.3, -0.25) is 0 Å². The Morgan fingerprint density at radius 1 is 1.18 bits per heavy atom. The number of rotatable bonds is 7. The van der Waals surface area contributed by atoms with E-state index in [2.05, 4.69) is 24.1 Å². The number of piperazine rings is 1. The summed E-state index contributed by atoms with van der Waals surface area (Å²) in [7, 11) is 0. The minimum Gasteiger partial charge on any atom is -0.309 e. The van der Waals surface area contributed by atoms with Crippen molar-refractivity contribution in [2.45, 2.75) is 64.3 Å². The average Bonchev–Trinajstić information content (AvgIpc) is 3.13. The number of nitrogens with zero attached hydrogens (tertiary/aromatic N) is 1. The second kappa shape index (κ2) is 6.19. The highest BCUT2D eigenvalue weighted by Crippen LogP contribution is 2.40. The lowest BCUT2D eigenvalue weighted by Crippen LogP contribution is -2.60. The summed E-state index contributed by atoms with van der Waals surface area (Å²) in [6.07, 6.45) is 9.94. The Morgan fingerprint density at radius 3 is 2.65 bits per heavy atom. The molecule has 1 N–H and O–H groups in total. The van der Waals surface area contributed by atoms with Crippen molar-refractivity contribution in [3.8, 4) is 0 Å². The first kappa shape index (κ1) is 13.4. The first-order chi connectivity index (χ1) is 8.24. The molecule has 0 radical (unpaired) electrons. The second-order valence-corrected chi connectivity index (χ2v) is 6.31. The van der Waals surface area contributed by atoms with Crippen LogP contribution in [0.3, 0.4) is 0 Å². The highest BCUT2D eigenvalue weighted by Gasteiger charge is 2.43. The molecule has 1 atom stereocenters. The van der Waals surface area contributed by atoms with Gasteiger partial charge in [0.05, 0.1) is 0 Å². The lowest BCUT2D eigenvalue weighted by molar-refractivity contribution is 0.125. The smallest absolute Gasteiger partial charge is 0.0309 e. The predicted octanol–water partition coefficient (Wildman–Crippen LogP) is 3.03. The molecule has 1 aliphatic carbocycles. The van der Waals surface area contributed by atoms with Gasteiger partial charge in [0.1, 0.15) is 0 Å². The first-order valence-electron chi connectivity index (χ1n) is 7.72. The third-order valence-corrected chi connectivity index (χ3v) is 4.57. The SMILES string of the molecule is CCCCCCCN1CCNC(C)(C2CC2)C1. The van der Waals surface area contributed by atoms with E-state index >= 15 is 0 Å². The predicted molar refractivity (Wildman–Crippen MR) is 74.3 cm³/mol. The van der Waals surface area contributed by atoms with Crippen molar-refractivity contribution in [1.29, 1.82) is 0 Å². The maximum atomic E-state index is 3.76. The Kier molecular flexibility index (Phi) is 4.87. The number of nitrogens with one attached hydrogen (secondary N) is 1. The molecule has 2 rings (SSSR count). The molecule has 0 aromatic heterocycles. The van der Waals surface area contributed by atoms with E-state index in [-0.39, 0.29) is 0 Å². The van der Waals surface area contributed by atoms with Gasteiger partial charge in [-0.2, -0.15) is 0 Å². The Hall–Kier alpha value is -0.0800. The van der Waals surface area contributed by atoms with Gasteiger partial charge in [-0.15, -0.1) is 0 Å². The zero-order chi connectivity index (χ0) is 12.1. The number of hydrogen-bond donors (Lipinski definition) is 1. The third kappa shape index (κ3) is 3.96. The number of unbranched alkanes of at least 4 members (excludes halogenated alkanes) is 4. The van der Waals surface area contributed by atoms with Crippen LogP contribution in [-0.4, -0.2) is 36.6 Å². The fraction of sp³-hybridized carbons (Fsp3) is 1.00. The van der Waals surface area contributed by atoms with E-state index < -0.39 is 0 Å². The van der Waals surface area contributed by atoms with Crippen molar-refractivity contribution in [2.24, 2.45) is 5.92 Å². The second-order valence-electron chi connectivity index (χ2n) is 6.31. The van der Waals surface area contributed by atoms with Crippen LogP contribution in [0.2, 0.25) is 0 Å². The molecule has 100 valence electrons. The van der Waals surface area contributed by atoms with Gasteiger partial charge in [-0.05, 0) is 38.6 Å². The Morgan fingerprint density at radius 2 is 1.94 bits per heavy atom. The number of hydrogen-bond acceptors (Lipinski definition) is 2. The van der Waals surface area contributed by atoms with Crippen LogP contribution in [0.4, 0.5) is 0 Å². The van der Waals surface area contributed by atoms with Crippen LogP contribution in [0.15, 0.2) is 0 Å². The fourth-order valence-corrected chi connectivity index (χ4v) is 3.22.